The minimum atomic E-state index is -0.191. The van der Waals surface area contributed by atoms with E-state index in [1.807, 2.05) is 6.07 Å². The molecule has 0 saturated carbocycles. The Balaban J connectivity index is 2.52. The molecule has 0 saturated heterocycles. The van der Waals surface area contributed by atoms with Crippen LogP contribution in [0.5, 0.6) is 0 Å². The Morgan fingerprint density at radius 3 is 2.75 bits per heavy atom. The molecule has 0 radical (unpaired) electrons. The average Bonchev–Trinajstić information content (AvgIpc) is 2.01. The Bertz CT molecular complexity index is 245. The highest BCUT2D eigenvalue weighted by Crippen LogP contribution is 2.09. The quantitative estimate of drug-likeness (QED) is 0.729. The number of hydrogen-bond donors (Lipinski definition) is 1. The lowest BCUT2D eigenvalue weighted by Crippen LogP contribution is -2.07. The summed E-state index contributed by atoms with van der Waals surface area (Å²) in [6.07, 6.45) is 0. The maximum absolute atomic E-state index is 12.7. The van der Waals surface area contributed by atoms with E-state index in [4.69, 9.17) is 0 Å². The van der Waals surface area contributed by atoms with Gasteiger partial charge in [0.1, 0.15) is 5.82 Å². The molecule has 0 bridgehead atoms. The third-order valence-electron chi connectivity index (χ3n) is 1.54. The lowest BCUT2D eigenvalue weighted by Gasteiger charge is -2.08. The molecule has 0 aliphatic heterocycles. The summed E-state index contributed by atoms with van der Waals surface area (Å²) in [5.74, 6) is 0.386. The minimum absolute atomic E-state index is 0.191. The molecule has 1 aromatic rings. The first-order valence-electron chi connectivity index (χ1n) is 4.18. The van der Waals surface area contributed by atoms with E-state index in [9.17, 15) is 4.39 Å². The zero-order chi connectivity index (χ0) is 8.97. The van der Waals surface area contributed by atoms with Crippen LogP contribution in [-0.2, 0) is 0 Å². The number of anilines is 1. The number of nitrogens with one attached hydrogen (secondary N) is 1. The first-order chi connectivity index (χ1) is 5.68. The second kappa shape index (κ2) is 4.10. The molecule has 0 unspecified atom stereocenters. The monoisotopic (exact) mass is 167 g/mol. The average molecular weight is 167 g/mol. The van der Waals surface area contributed by atoms with Gasteiger partial charge in [-0.15, -0.1) is 0 Å². The molecule has 0 heterocycles. The van der Waals surface area contributed by atoms with Crippen LogP contribution in [-0.4, -0.2) is 6.54 Å². The molecular weight excluding hydrogens is 153 g/mol. The van der Waals surface area contributed by atoms with Gasteiger partial charge in [0.15, 0.2) is 0 Å². The topological polar surface area (TPSA) is 12.0 Å². The van der Waals surface area contributed by atoms with E-state index in [1.54, 1.807) is 6.07 Å². The van der Waals surface area contributed by atoms with Gasteiger partial charge in [0.2, 0.25) is 0 Å². The van der Waals surface area contributed by atoms with Crippen molar-refractivity contribution in [3.63, 3.8) is 0 Å². The maximum Gasteiger partial charge on any atom is 0.125 e. The van der Waals surface area contributed by atoms with Gasteiger partial charge in [-0.25, -0.2) is 4.39 Å². The number of benzene rings is 1. The molecule has 0 atom stereocenters. The Kier molecular flexibility index (Phi) is 3.09. The number of rotatable bonds is 3. The summed E-state index contributed by atoms with van der Waals surface area (Å²) in [6, 6.07) is 6.52. The fourth-order valence-electron chi connectivity index (χ4n) is 0.920. The van der Waals surface area contributed by atoms with E-state index < -0.39 is 0 Å². The van der Waals surface area contributed by atoms with Gasteiger partial charge in [-0.3, -0.25) is 0 Å². The molecule has 0 aliphatic carbocycles. The summed E-state index contributed by atoms with van der Waals surface area (Å²) < 4.78 is 12.7. The van der Waals surface area contributed by atoms with E-state index in [2.05, 4.69) is 19.2 Å². The molecule has 1 aromatic carbocycles. The van der Waals surface area contributed by atoms with Gasteiger partial charge in [0, 0.05) is 12.2 Å². The first-order valence-corrected chi connectivity index (χ1v) is 4.18. The molecule has 2 heteroatoms. The summed E-state index contributed by atoms with van der Waals surface area (Å²) in [6.45, 7) is 5.11. The van der Waals surface area contributed by atoms with Crippen molar-refractivity contribution in [1.82, 2.24) is 0 Å². The van der Waals surface area contributed by atoms with Gasteiger partial charge in [-0.05, 0) is 24.1 Å². The van der Waals surface area contributed by atoms with Crippen molar-refractivity contribution in [2.45, 2.75) is 13.8 Å². The third kappa shape index (κ3) is 2.91. The lowest BCUT2D eigenvalue weighted by atomic mass is 10.2. The van der Waals surface area contributed by atoms with Crippen molar-refractivity contribution in [2.24, 2.45) is 5.92 Å². The van der Waals surface area contributed by atoms with Crippen LogP contribution in [0.3, 0.4) is 0 Å². The molecule has 0 aliphatic rings. The molecule has 0 spiro atoms. The highest BCUT2D eigenvalue weighted by atomic mass is 19.1. The molecule has 1 N–H and O–H groups in total. The molecule has 0 aromatic heterocycles. The molecular formula is C10H14FN. The van der Waals surface area contributed by atoms with Crippen molar-refractivity contribution in [2.75, 3.05) is 11.9 Å². The van der Waals surface area contributed by atoms with Crippen molar-refractivity contribution in [1.29, 1.82) is 0 Å². The summed E-state index contributed by atoms with van der Waals surface area (Å²) in [7, 11) is 0. The zero-order valence-corrected chi connectivity index (χ0v) is 7.47. The summed E-state index contributed by atoms with van der Waals surface area (Å²) in [4.78, 5) is 0. The maximum atomic E-state index is 12.7. The van der Waals surface area contributed by atoms with Gasteiger partial charge in [0.05, 0.1) is 0 Å². The fourth-order valence-corrected chi connectivity index (χ4v) is 0.920. The van der Waals surface area contributed by atoms with Crippen molar-refractivity contribution in [3.8, 4) is 0 Å². The van der Waals surface area contributed by atoms with Crippen LogP contribution in [0.25, 0.3) is 0 Å². The predicted molar refractivity (Wildman–Crippen MR) is 49.7 cm³/mol. The lowest BCUT2D eigenvalue weighted by molar-refractivity contribution is 0.627. The third-order valence-corrected chi connectivity index (χ3v) is 1.54. The fraction of sp³-hybridized carbons (Fsp3) is 0.400. The Morgan fingerprint density at radius 2 is 2.17 bits per heavy atom. The van der Waals surface area contributed by atoms with Gasteiger partial charge in [0.25, 0.3) is 0 Å². The normalized spacial score (nSPS) is 10.3. The van der Waals surface area contributed by atoms with E-state index in [1.165, 1.54) is 12.1 Å². The summed E-state index contributed by atoms with van der Waals surface area (Å²) in [5.41, 5.74) is 0.851. The highest BCUT2D eigenvalue weighted by Gasteiger charge is 1.95. The Labute approximate surface area is 72.6 Å². The SMILES string of the molecule is CC(C)CNc1cccc(F)c1. The van der Waals surface area contributed by atoms with Crippen molar-refractivity contribution >= 4 is 5.69 Å². The molecule has 66 valence electrons. The van der Waals surface area contributed by atoms with Crippen molar-refractivity contribution < 1.29 is 4.39 Å². The van der Waals surface area contributed by atoms with E-state index in [0.29, 0.717) is 5.92 Å². The second-order valence-corrected chi connectivity index (χ2v) is 3.29. The molecule has 0 amide bonds. The van der Waals surface area contributed by atoms with E-state index >= 15 is 0 Å². The van der Waals surface area contributed by atoms with Crippen LogP contribution in [0.4, 0.5) is 10.1 Å². The second-order valence-electron chi connectivity index (χ2n) is 3.29. The van der Waals surface area contributed by atoms with E-state index in [0.717, 1.165) is 12.2 Å². The number of hydrogen-bond acceptors (Lipinski definition) is 1. The van der Waals surface area contributed by atoms with Crippen LogP contribution >= 0.6 is 0 Å². The van der Waals surface area contributed by atoms with Gasteiger partial charge in [-0.1, -0.05) is 19.9 Å². The largest absolute Gasteiger partial charge is 0.385 e. The van der Waals surface area contributed by atoms with Gasteiger partial charge >= 0.3 is 0 Å². The van der Waals surface area contributed by atoms with Crippen LogP contribution in [0.15, 0.2) is 24.3 Å². The molecule has 12 heavy (non-hydrogen) atoms. The minimum Gasteiger partial charge on any atom is -0.385 e. The molecule has 0 fully saturated rings. The van der Waals surface area contributed by atoms with Crippen molar-refractivity contribution in [3.05, 3.63) is 30.1 Å². The molecule has 1 rings (SSSR count). The zero-order valence-electron chi connectivity index (χ0n) is 7.47. The Morgan fingerprint density at radius 1 is 1.42 bits per heavy atom. The highest BCUT2D eigenvalue weighted by molar-refractivity contribution is 5.42. The van der Waals surface area contributed by atoms with Crippen LogP contribution in [0.2, 0.25) is 0 Å². The first kappa shape index (κ1) is 9.04. The smallest absolute Gasteiger partial charge is 0.125 e. The van der Waals surface area contributed by atoms with Crippen LogP contribution in [0.1, 0.15) is 13.8 Å². The molecule has 1 nitrogen and oxygen atoms in total. The number of halogens is 1. The Hall–Kier alpha value is -1.05. The predicted octanol–water partition coefficient (Wildman–Crippen LogP) is 2.89. The summed E-state index contributed by atoms with van der Waals surface area (Å²) >= 11 is 0. The standard InChI is InChI=1S/C10H14FN/c1-8(2)7-12-10-5-3-4-9(11)6-10/h3-6,8,12H,7H2,1-2H3. The summed E-state index contributed by atoms with van der Waals surface area (Å²) in [5, 5.41) is 3.14. The van der Waals surface area contributed by atoms with Gasteiger partial charge in [-0.2, -0.15) is 0 Å². The van der Waals surface area contributed by atoms with E-state index in [-0.39, 0.29) is 5.82 Å². The van der Waals surface area contributed by atoms with Crippen LogP contribution in [0, 0.1) is 11.7 Å². The van der Waals surface area contributed by atoms with Crippen LogP contribution < -0.4 is 5.32 Å². The van der Waals surface area contributed by atoms with Gasteiger partial charge < -0.3 is 5.32 Å².